The van der Waals surface area contributed by atoms with Crippen LogP contribution in [0.5, 0.6) is 0 Å². The number of allylic oxidation sites excluding steroid dienone is 2. The lowest BCUT2D eigenvalue weighted by molar-refractivity contribution is -0.131. The highest BCUT2D eigenvalue weighted by molar-refractivity contribution is 6.09. The van der Waals surface area contributed by atoms with Crippen LogP contribution in [0.15, 0.2) is 89.5 Å². The first-order chi connectivity index (χ1) is 13.1. The lowest BCUT2D eigenvalue weighted by Gasteiger charge is -2.31. The van der Waals surface area contributed by atoms with Crippen LogP contribution in [0.3, 0.4) is 0 Å². The topological polar surface area (TPSA) is 58.7 Å². The van der Waals surface area contributed by atoms with E-state index in [2.05, 4.69) is 12.2 Å². The van der Waals surface area contributed by atoms with Crippen molar-refractivity contribution in [1.29, 1.82) is 0 Å². The largest absolute Gasteiger partial charge is 0.369 e. The highest BCUT2D eigenvalue weighted by Crippen LogP contribution is 2.43. The van der Waals surface area contributed by atoms with Crippen molar-refractivity contribution in [3.63, 3.8) is 0 Å². The van der Waals surface area contributed by atoms with Crippen LogP contribution < -0.4 is 5.73 Å². The van der Waals surface area contributed by atoms with Crippen LogP contribution in [0.4, 0.5) is 0 Å². The second-order valence-corrected chi connectivity index (χ2v) is 6.95. The predicted octanol–water partition coefficient (Wildman–Crippen LogP) is 4.08. The van der Waals surface area contributed by atoms with Crippen molar-refractivity contribution in [2.45, 2.75) is 31.3 Å². The lowest BCUT2D eigenvalue weighted by atomic mass is 9.80. The van der Waals surface area contributed by atoms with Crippen LogP contribution in [0, 0.1) is 0 Å². The van der Waals surface area contributed by atoms with Crippen molar-refractivity contribution in [3.05, 3.63) is 95.6 Å². The summed E-state index contributed by atoms with van der Waals surface area (Å²) in [5.74, 6) is 0.167. The number of hydrogen-bond acceptors (Lipinski definition) is 3. The molecule has 2 aromatic rings. The molecule has 1 amide bonds. The van der Waals surface area contributed by atoms with E-state index in [9.17, 15) is 4.79 Å². The van der Waals surface area contributed by atoms with E-state index in [1.165, 1.54) is 0 Å². The standard InChI is InChI=1S/C23H23N3O/c1-17(18-11-5-2-6-12-18)26-21(27)23(25-22(26)24,19-13-7-3-8-14-19)20-15-9-4-10-16-20/h2-3,5-9,11-17H,4,10H2,1H3,(H2,24,25). The maximum atomic E-state index is 13.8. The Morgan fingerprint density at radius 1 is 1.04 bits per heavy atom. The average molecular weight is 357 g/mol. The number of amides is 1. The fraction of sp³-hybridized carbons (Fsp3) is 0.217. The zero-order valence-electron chi connectivity index (χ0n) is 15.4. The minimum absolute atomic E-state index is 0.0969. The molecule has 2 aliphatic rings. The molecule has 0 saturated heterocycles. The number of hydrogen-bond donors (Lipinski definition) is 1. The summed E-state index contributed by atoms with van der Waals surface area (Å²) in [6, 6.07) is 19.4. The number of rotatable bonds is 4. The van der Waals surface area contributed by atoms with Crippen LogP contribution in [-0.2, 0) is 10.3 Å². The molecule has 2 unspecified atom stereocenters. The molecule has 0 aromatic heterocycles. The minimum atomic E-state index is -1.11. The Morgan fingerprint density at radius 2 is 1.70 bits per heavy atom. The van der Waals surface area contributed by atoms with Crippen molar-refractivity contribution in [1.82, 2.24) is 4.90 Å². The Kier molecular flexibility index (Phi) is 4.40. The van der Waals surface area contributed by atoms with Gasteiger partial charge >= 0.3 is 0 Å². The molecule has 2 aromatic carbocycles. The monoisotopic (exact) mass is 357 g/mol. The zero-order chi connectivity index (χ0) is 18.9. The first-order valence-electron chi connectivity index (χ1n) is 9.31. The third kappa shape index (κ3) is 2.78. The molecular weight excluding hydrogens is 334 g/mol. The van der Waals surface area contributed by atoms with Crippen molar-refractivity contribution >= 4 is 11.9 Å². The number of guanidine groups is 1. The highest BCUT2D eigenvalue weighted by Gasteiger charge is 2.52. The second kappa shape index (κ2) is 6.88. The van der Waals surface area contributed by atoms with Gasteiger partial charge in [-0.3, -0.25) is 9.69 Å². The Bertz CT molecular complexity index is 931. The molecule has 4 heteroatoms. The summed E-state index contributed by atoms with van der Waals surface area (Å²) in [6.07, 6.45) is 8.10. The molecule has 27 heavy (non-hydrogen) atoms. The van der Waals surface area contributed by atoms with E-state index in [1.807, 2.05) is 73.7 Å². The van der Waals surface area contributed by atoms with Crippen LogP contribution in [0.2, 0.25) is 0 Å². The van der Waals surface area contributed by atoms with E-state index < -0.39 is 5.54 Å². The number of benzene rings is 2. The van der Waals surface area contributed by atoms with Crippen molar-refractivity contribution in [3.8, 4) is 0 Å². The van der Waals surface area contributed by atoms with Crippen LogP contribution in [0.25, 0.3) is 0 Å². The number of carbonyl (C=O) groups is 1. The van der Waals surface area contributed by atoms with Gasteiger partial charge < -0.3 is 5.73 Å². The van der Waals surface area contributed by atoms with E-state index in [1.54, 1.807) is 4.90 Å². The maximum Gasteiger partial charge on any atom is 0.267 e. The fourth-order valence-electron chi connectivity index (χ4n) is 3.91. The molecule has 2 atom stereocenters. The maximum absolute atomic E-state index is 13.8. The Balaban J connectivity index is 1.83. The zero-order valence-corrected chi connectivity index (χ0v) is 15.4. The molecule has 0 spiro atoms. The molecule has 0 radical (unpaired) electrons. The first kappa shape index (κ1) is 17.3. The molecule has 136 valence electrons. The van der Waals surface area contributed by atoms with E-state index in [4.69, 9.17) is 10.7 Å². The van der Waals surface area contributed by atoms with Crippen LogP contribution >= 0.6 is 0 Å². The normalized spacial score (nSPS) is 23.1. The molecular formula is C23H23N3O. The molecule has 4 rings (SSSR count). The summed E-state index contributed by atoms with van der Waals surface area (Å²) < 4.78 is 0. The smallest absolute Gasteiger partial charge is 0.267 e. The first-order valence-corrected chi connectivity index (χ1v) is 9.31. The van der Waals surface area contributed by atoms with E-state index in [0.29, 0.717) is 0 Å². The SMILES string of the molecule is CC(c1ccccc1)N1C(=O)C(C2=CCCC=C2)(c2ccccc2)N=C1N. The molecule has 0 saturated carbocycles. The Morgan fingerprint density at radius 3 is 2.33 bits per heavy atom. The summed E-state index contributed by atoms with van der Waals surface area (Å²) in [4.78, 5) is 20.2. The van der Waals surface area contributed by atoms with Gasteiger partial charge in [-0.05, 0) is 36.5 Å². The van der Waals surface area contributed by atoms with Gasteiger partial charge in [0, 0.05) is 0 Å². The third-order valence-corrected chi connectivity index (χ3v) is 5.33. The van der Waals surface area contributed by atoms with Crippen molar-refractivity contribution in [2.24, 2.45) is 10.7 Å². The molecule has 2 N–H and O–H groups in total. The fourth-order valence-corrected chi connectivity index (χ4v) is 3.91. The summed E-state index contributed by atoms with van der Waals surface area (Å²) >= 11 is 0. The Hall–Kier alpha value is -3.14. The lowest BCUT2D eigenvalue weighted by Crippen LogP contribution is -2.45. The molecule has 1 heterocycles. The van der Waals surface area contributed by atoms with Gasteiger partial charge in [-0.15, -0.1) is 0 Å². The van der Waals surface area contributed by atoms with Gasteiger partial charge in [0.1, 0.15) is 0 Å². The quantitative estimate of drug-likeness (QED) is 0.896. The van der Waals surface area contributed by atoms with E-state index >= 15 is 0 Å². The van der Waals surface area contributed by atoms with Crippen molar-refractivity contribution in [2.75, 3.05) is 0 Å². The predicted molar refractivity (Wildman–Crippen MR) is 108 cm³/mol. The molecule has 1 aliphatic carbocycles. The van der Waals surface area contributed by atoms with Gasteiger partial charge in [0.2, 0.25) is 0 Å². The minimum Gasteiger partial charge on any atom is -0.369 e. The molecule has 0 bridgehead atoms. The summed E-state index contributed by atoms with van der Waals surface area (Å²) in [5, 5.41) is 0. The highest BCUT2D eigenvalue weighted by atomic mass is 16.2. The van der Waals surface area contributed by atoms with Crippen molar-refractivity contribution < 1.29 is 4.79 Å². The summed E-state index contributed by atoms with van der Waals surface area (Å²) in [6.45, 7) is 1.99. The van der Waals surface area contributed by atoms with Gasteiger partial charge in [0.25, 0.3) is 5.91 Å². The van der Waals surface area contributed by atoms with Gasteiger partial charge in [0.15, 0.2) is 11.5 Å². The number of aliphatic imine (C=N–C) groups is 1. The number of carbonyl (C=O) groups excluding carboxylic acids is 1. The van der Waals surface area contributed by atoms with Crippen LogP contribution in [-0.4, -0.2) is 16.8 Å². The summed E-state index contributed by atoms with van der Waals surface area (Å²) in [7, 11) is 0. The number of nitrogens with zero attached hydrogens (tertiary/aromatic N) is 2. The molecule has 1 aliphatic heterocycles. The number of nitrogens with two attached hydrogens (primary N) is 1. The molecule has 4 nitrogen and oxygen atoms in total. The second-order valence-electron chi connectivity index (χ2n) is 6.95. The van der Waals surface area contributed by atoms with Crippen LogP contribution in [0.1, 0.15) is 36.9 Å². The van der Waals surface area contributed by atoms with Gasteiger partial charge in [-0.25, -0.2) is 4.99 Å². The van der Waals surface area contributed by atoms with Gasteiger partial charge in [0.05, 0.1) is 6.04 Å². The molecule has 0 fully saturated rings. The van der Waals surface area contributed by atoms with Gasteiger partial charge in [-0.2, -0.15) is 0 Å². The summed E-state index contributed by atoms with van der Waals surface area (Å²) in [5.41, 5.74) is 8.00. The average Bonchev–Trinajstić information content (AvgIpc) is 3.00. The Labute approximate surface area is 159 Å². The third-order valence-electron chi connectivity index (χ3n) is 5.33. The van der Waals surface area contributed by atoms with E-state index in [-0.39, 0.29) is 17.9 Å². The van der Waals surface area contributed by atoms with Gasteiger partial charge in [-0.1, -0.05) is 78.9 Å². The van der Waals surface area contributed by atoms with E-state index in [0.717, 1.165) is 29.5 Å².